The van der Waals surface area contributed by atoms with Crippen LogP contribution in [0.4, 0.5) is 5.69 Å². The monoisotopic (exact) mass is 345 g/mol. The van der Waals surface area contributed by atoms with E-state index >= 15 is 0 Å². The average molecular weight is 346 g/mol. The highest BCUT2D eigenvalue weighted by molar-refractivity contribution is 7.80. The number of thiocarbonyl (C=S) groups is 1. The number of nitrogens with one attached hydrogen (secondary N) is 2. The molecule has 3 rings (SSSR count). The minimum atomic E-state index is 0.143. The molecule has 1 aromatic rings. The molecular formula is C19H27N3OS. The Kier molecular flexibility index (Phi) is 6.07. The molecular weight excluding hydrogens is 318 g/mol. The van der Waals surface area contributed by atoms with Crippen LogP contribution in [0.25, 0.3) is 0 Å². The van der Waals surface area contributed by atoms with Gasteiger partial charge in [0.15, 0.2) is 5.11 Å². The van der Waals surface area contributed by atoms with Crippen LogP contribution in [-0.4, -0.2) is 35.1 Å². The number of carbonyl (C=O) groups is 1. The standard InChI is InChI=1S/C19H27N3OS/c23-18(22-13-5-2-6-14-22)15-9-11-17(12-10-15)21-19(24)20-16-7-3-1-4-8-16/h9-12,16H,1-8,13-14H2,(H2,20,21,24). The van der Waals surface area contributed by atoms with Gasteiger partial charge in [-0.1, -0.05) is 19.3 Å². The lowest BCUT2D eigenvalue weighted by Gasteiger charge is -2.27. The van der Waals surface area contributed by atoms with Crippen molar-refractivity contribution in [1.29, 1.82) is 0 Å². The lowest BCUT2D eigenvalue weighted by Crippen LogP contribution is -2.38. The molecule has 1 heterocycles. The van der Waals surface area contributed by atoms with Gasteiger partial charge in [0.05, 0.1) is 0 Å². The molecule has 1 aliphatic carbocycles. The maximum Gasteiger partial charge on any atom is 0.253 e. The van der Waals surface area contributed by atoms with Gasteiger partial charge < -0.3 is 15.5 Å². The van der Waals surface area contributed by atoms with Crippen molar-refractivity contribution < 1.29 is 4.79 Å². The quantitative estimate of drug-likeness (QED) is 0.815. The highest BCUT2D eigenvalue weighted by atomic mass is 32.1. The van der Waals surface area contributed by atoms with E-state index in [2.05, 4.69) is 10.6 Å². The largest absolute Gasteiger partial charge is 0.360 e. The Morgan fingerprint density at radius 2 is 1.58 bits per heavy atom. The smallest absolute Gasteiger partial charge is 0.253 e. The summed E-state index contributed by atoms with van der Waals surface area (Å²) in [6.07, 6.45) is 9.78. The Labute approximate surface area is 150 Å². The van der Waals surface area contributed by atoms with Crippen molar-refractivity contribution in [3.63, 3.8) is 0 Å². The van der Waals surface area contributed by atoms with Crippen molar-refractivity contribution in [2.24, 2.45) is 0 Å². The van der Waals surface area contributed by atoms with E-state index in [1.54, 1.807) is 0 Å². The predicted octanol–water partition coefficient (Wildman–Crippen LogP) is 3.93. The summed E-state index contributed by atoms with van der Waals surface area (Å²) >= 11 is 5.41. The van der Waals surface area contributed by atoms with Crippen LogP contribution in [0.2, 0.25) is 0 Å². The lowest BCUT2D eigenvalue weighted by molar-refractivity contribution is 0.0724. The number of hydrogen-bond donors (Lipinski definition) is 2. The van der Waals surface area contributed by atoms with E-state index < -0.39 is 0 Å². The molecule has 1 amide bonds. The minimum absolute atomic E-state index is 0.143. The van der Waals surface area contributed by atoms with E-state index in [-0.39, 0.29) is 5.91 Å². The Morgan fingerprint density at radius 1 is 0.958 bits per heavy atom. The fraction of sp³-hybridized carbons (Fsp3) is 0.579. The third kappa shape index (κ3) is 4.69. The minimum Gasteiger partial charge on any atom is -0.360 e. The number of amides is 1. The highest BCUT2D eigenvalue weighted by Crippen LogP contribution is 2.18. The average Bonchev–Trinajstić information content (AvgIpc) is 2.63. The molecule has 2 aliphatic rings. The van der Waals surface area contributed by atoms with Crippen molar-refractivity contribution in [3.8, 4) is 0 Å². The van der Waals surface area contributed by atoms with Gasteiger partial charge in [-0.2, -0.15) is 0 Å². The van der Waals surface area contributed by atoms with Gasteiger partial charge in [0, 0.05) is 30.4 Å². The molecule has 0 spiro atoms. The first-order chi connectivity index (χ1) is 11.7. The summed E-state index contributed by atoms with van der Waals surface area (Å²) in [7, 11) is 0. The van der Waals surface area contributed by atoms with Crippen LogP contribution in [0.15, 0.2) is 24.3 Å². The SMILES string of the molecule is O=C(c1ccc(NC(=S)NC2CCCCC2)cc1)N1CCCCC1. The molecule has 0 unspecified atom stereocenters. The van der Waals surface area contributed by atoms with E-state index in [1.807, 2.05) is 29.2 Å². The third-order valence-corrected chi connectivity index (χ3v) is 5.19. The van der Waals surface area contributed by atoms with Crippen LogP contribution in [0.3, 0.4) is 0 Å². The normalized spacial score (nSPS) is 18.9. The molecule has 5 heteroatoms. The highest BCUT2D eigenvalue weighted by Gasteiger charge is 2.18. The van der Waals surface area contributed by atoms with Crippen molar-refractivity contribution in [1.82, 2.24) is 10.2 Å². The summed E-state index contributed by atoms with van der Waals surface area (Å²) in [6, 6.07) is 8.15. The van der Waals surface area contributed by atoms with Crippen LogP contribution in [-0.2, 0) is 0 Å². The molecule has 24 heavy (non-hydrogen) atoms. The van der Waals surface area contributed by atoms with Crippen LogP contribution in [0.5, 0.6) is 0 Å². The molecule has 0 aromatic heterocycles. The van der Waals surface area contributed by atoms with Gasteiger partial charge in [-0.3, -0.25) is 4.79 Å². The number of rotatable bonds is 3. The Bertz CT molecular complexity index is 560. The second-order valence-corrected chi connectivity index (χ2v) is 7.27. The first-order valence-electron chi connectivity index (χ1n) is 9.19. The van der Waals surface area contributed by atoms with Crippen LogP contribution in [0.1, 0.15) is 61.7 Å². The number of carbonyl (C=O) groups excluding carboxylic acids is 1. The predicted molar refractivity (Wildman–Crippen MR) is 102 cm³/mol. The molecule has 1 saturated carbocycles. The number of anilines is 1. The fourth-order valence-corrected chi connectivity index (χ4v) is 3.86. The lowest BCUT2D eigenvalue weighted by atomic mass is 9.96. The summed E-state index contributed by atoms with van der Waals surface area (Å²) in [6.45, 7) is 1.77. The molecule has 1 saturated heterocycles. The zero-order chi connectivity index (χ0) is 16.8. The third-order valence-electron chi connectivity index (χ3n) is 4.97. The topological polar surface area (TPSA) is 44.4 Å². The van der Waals surface area contributed by atoms with Crippen LogP contribution >= 0.6 is 12.2 Å². The molecule has 0 bridgehead atoms. The van der Waals surface area contributed by atoms with Crippen molar-refractivity contribution in [3.05, 3.63) is 29.8 Å². The number of hydrogen-bond acceptors (Lipinski definition) is 2. The summed E-state index contributed by atoms with van der Waals surface area (Å²) < 4.78 is 0. The Hall–Kier alpha value is -1.62. The van der Waals surface area contributed by atoms with Crippen LogP contribution < -0.4 is 10.6 Å². The van der Waals surface area contributed by atoms with Gasteiger partial charge in [-0.15, -0.1) is 0 Å². The second-order valence-electron chi connectivity index (χ2n) is 6.86. The molecule has 4 nitrogen and oxygen atoms in total. The zero-order valence-electron chi connectivity index (χ0n) is 14.2. The first-order valence-corrected chi connectivity index (χ1v) is 9.60. The summed E-state index contributed by atoms with van der Waals surface area (Å²) in [5.41, 5.74) is 1.69. The van der Waals surface area contributed by atoms with Crippen molar-refractivity contribution in [2.75, 3.05) is 18.4 Å². The van der Waals surface area contributed by atoms with Gasteiger partial charge in [0.25, 0.3) is 5.91 Å². The number of nitrogens with zero attached hydrogens (tertiary/aromatic N) is 1. The summed E-state index contributed by atoms with van der Waals surface area (Å²) in [4.78, 5) is 14.4. The summed E-state index contributed by atoms with van der Waals surface area (Å²) in [5.74, 6) is 0.143. The zero-order valence-corrected chi connectivity index (χ0v) is 15.0. The maximum atomic E-state index is 12.5. The van der Waals surface area contributed by atoms with E-state index in [0.717, 1.165) is 37.2 Å². The van der Waals surface area contributed by atoms with E-state index in [1.165, 1.54) is 38.5 Å². The molecule has 1 aliphatic heterocycles. The maximum absolute atomic E-state index is 12.5. The van der Waals surface area contributed by atoms with Gasteiger partial charge in [-0.25, -0.2) is 0 Å². The van der Waals surface area contributed by atoms with Gasteiger partial charge in [0.2, 0.25) is 0 Å². The van der Waals surface area contributed by atoms with Gasteiger partial charge >= 0.3 is 0 Å². The molecule has 2 fully saturated rings. The van der Waals surface area contributed by atoms with E-state index in [4.69, 9.17) is 12.2 Å². The first kappa shape index (κ1) is 17.2. The van der Waals surface area contributed by atoms with Gasteiger partial charge in [0.1, 0.15) is 0 Å². The van der Waals surface area contributed by atoms with Crippen molar-refractivity contribution >= 4 is 28.9 Å². The molecule has 0 radical (unpaired) electrons. The molecule has 1 aromatic carbocycles. The number of benzene rings is 1. The summed E-state index contributed by atoms with van der Waals surface area (Å²) in [5, 5.41) is 7.31. The van der Waals surface area contributed by atoms with Gasteiger partial charge in [-0.05, 0) is 68.6 Å². The van der Waals surface area contributed by atoms with E-state index in [9.17, 15) is 4.79 Å². The van der Waals surface area contributed by atoms with Crippen LogP contribution in [0, 0.1) is 0 Å². The Morgan fingerprint density at radius 3 is 2.25 bits per heavy atom. The molecule has 0 atom stereocenters. The van der Waals surface area contributed by atoms with E-state index in [0.29, 0.717) is 11.2 Å². The Balaban J connectivity index is 1.52. The number of piperidine rings is 1. The molecule has 2 N–H and O–H groups in total. The molecule has 130 valence electrons. The number of likely N-dealkylation sites (tertiary alicyclic amines) is 1. The van der Waals surface area contributed by atoms with Crippen molar-refractivity contribution in [2.45, 2.75) is 57.4 Å². The second kappa shape index (κ2) is 8.47. The fourth-order valence-electron chi connectivity index (χ4n) is 3.58.